The van der Waals surface area contributed by atoms with Crippen LogP contribution in [0.1, 0.15) is 32.6 Å². The molecule has 3 aromatic rings. The first kappa shape index (κ1) is 26.6. The summed E-state index contributed by atoms with van der Waals surface area (Å²) in [5.74, 6) is 0.0140. The Morgan fingerprint density at radius 2 is 1.57 bits per heavy atom. The Morgan fingerprint density at radius 1 is 0.892 bits per heavy atom. The van der Waals surface area contributed by atoms with E-state index < -0.39 is 10.0 Å². The van der Waals surface area contributed by atoms with Gasteiger partial charge in [0, 0.05) is 38.3 Å². The van der Waals surface area contributed by atoms with Crippen LogP contribution in [0, 0.1) is 13.8 Å². The maximum atomic E-state index is 13.1. The standard InChI is InChI=1S/C30H35N3O3S/c1-24-11-16-29(22-25(24)2)33(37(3,35)36)23-27-12-14-28(15-13-27)30(34)32-20-18-31(19-21-32)17-7-10-26-8-5-4-6-9-26/h4-16,22H,17-21,23H2,1-3H3/b10-7+. The van der Waals surface area contributed by atoms with Gasteiger partial charge in [-0.25, -0.2) is 8.42 Å². The van der Waals surface area contributed by atoms with Crippen molar-refractivity contribution in [1.82, 2.24) is 9.80 Å². The van der Waals surface area contributed by atoms with Crippen LogP contribution < -0.4 is 4.31 Å². The van der Waals surface area contributed by atoms with Crippen molar-refractivity contribution in [2.45, 2.75) is 20.4 Å². The maximum absolute atomic E-state index is 13.1. The lowest BCUT2D eigenvalue weighted by atomic mass is 10.1. The van der Waals surface area contributed by atoms with Gasteiger partial charge < -0.3 is 4.90 Å². The van der Waals surface area contributed by atoms with Gasteiger partial charge in [0.2, 0.25) is 10.0 Å². The normalized spacial score (nSPS) is 14.7. The molecule has 0 saturated carbocycles. The summed E-state index contributed by atoms with van der Waals surface area (Å²) < 4.78 is 26.5. The van der Waals surface area contributed by atoms with Gasteiger partial charge in [-0.3, -0.25) is 14.0 Å². The SMILES string of the molecule is Cc1ccc(N(Cc2ccc(C(=O)N3CCN(C/C=C/c4ccccc4)CC3)cc2)S(C)(=O)=O)cc1C. The van der Waals surface area contributed by atoms with Gasteiger partial charge >= 0.3 is 0 Å². The minimum Gasteiger partial charge on any atom is -0.336 e. The van der Waals surface area contributed by atoms with Gasteiger partial charge in [-0.05, 0) is 60.4 Å². The number of nitrogens with zero attached hydrogens (tertiary/aromatic N) is 3. The molecule has 1 amide bonds. The number of carbonyl (C=O) groups is 1. The fraction of sp³-hybridized carbons (Fsp3) is 0.300. The summed E-state index contributed by atoms with van der Waals surface area (Å²) in [6, 6.07) is 23.2. The summed E-state index contributed by atoms with van der Waals surface area (Å²) in [6.45, 7) is 8.10. The fourth-order valence-electron chi connectivity index (χ4n) is 4.42. The number of sulfonamides is 1. The van der Waals surface area contributed by atoms with Crippen LogP contribution in [0.5, 0.6) is 0 Å². The molecular formula is C30H35N3O3S. The van der Waals surface area contributed by atoms with Gasteiger partial charge in [-0.1, -0.05) is 60.7 Å². The molecule has 0 N–H and O–H groups in total. The molecule has 3 aromatic carbocycles. The van der Waals surface area contributed by atoms with E-state index in [1.807, 2.05) is 67.3 Å². The Kier molecular flexibility index (Phi) is 8.46. The predicted octanol–water partition coefficient (Wildman–Crippen LogP) is 4.74. The first-order valence-corrected chi connectivity index (χ1v) is 14.4. The van der Waals surface area contributed by atoms with Crippen LogP contribution in [0.4, 0.5) is 5.69 Å². The molecule has 4 rings (SSSR count). The smallest absolute Gasteiger partial charge is 0.253 e. The number of rotatable bonds is 8. The number of piperazine rings is 1. The quantitative estimate of drug-likeness (QED) is 0.433. The average molecular weight is 518 g/mol. The first-order valence-electron chi connectivity index (χ1n) is 12.6. The van der Waals surface area contributed by atoms with Crippen LogP contribution in [-0.2, 0) is 16.6 Å². The molecule has 0 radical (unpaired) electrons. The molecule has 1 saturated heterocycles. The average Bonchev–Trinajstić information content (AvgIpc) is 2.89. The molecular weight excluding hydrogens is 482 g/mol. The molecule has 194 valence electrons. The highest BCUT2D eigenvalue weighted by Crippen LogP contribution is 2.24. The van der Waals surface area contributed by atoms with Gasteiger partial charge in [0.15, 0.2) is 0 Å². The predicted molar refractivity (Wildman–Crippen MR) is 151 cm³/mol. The number of carbonyl (C=O) groups excluding carboxylic acids is 1. The van der Waals surface area contributed by atoms with Crippen molar-refractivity contribution in [3.05, 3.63) is 107 Å². The highest BCUT2D eigenvalue weighted by Gasteiger charge is 2.22. The zero-order valence-electron chi connectivity index (χ0n) is 21.8. The largest absolute Gasteiger partial charge is 0.336 e. The van der Waals surface area contributed by atoms with E-state index in [9.17, 15) is 13.2 Å². The highest BCUT2D eigenvalue weighted by atomic mass is 32.2. The van der Waals surface area contributed by atoms with Crippen LogP contribution in [0.2, 0.25) is 0 Å². The molecule has 0 bridgehead atoms. The highest BCUT2D eigenvalue weighted by molar-refractivity contribution is 7.92. The molecule has 0 atom stereocenters. The number of anilines is 1. The lowest BCUT2D eigenvalue weighted by Crippen LogP contribution is -2.48. The van der Waals surface area contributed by atoms with E-state index in [4.69, 9.17) is 0 Å². The third kappa shape index (κ3) is 7.08. The van der Waals surface area contributed by atoms with Crippen LogP contribution in [0.3, 0.4) is 0 Å². The van der Waals surface area contributed by atoms with E-state index >= 15 is 0 Å². The Hall–Kier alpha value is -3.42. The van der Waals surface area contributed by atoms with E-state index in [1.165, 1.54) is 16.1 Å². The molecule has 0 aromatic heterocycles. The number of benzene rings is 3. The lowest BCUT2D eigenvalue weighted by molar-refractivity contribution is 0.0650. The minimum atomic E-state index is -3.47. The molecule has 0 unspecified atom stereocenters. The van der Waals surface area contributed by atoms with Crippen molar-refractivity contribution in [3.8, 4) is 0 Å². The van der Waals surface area contributed by atoms with E-state index in [-0.39, 0.29) is 12.5 Å². The molecule has 7 heteroatoms. The summed E-state index contributed by atoms with van der Waals surface area (Å²) in [5, 5.41) is 0. The Bertz CT molecular complexity index is 1340. The number of aryl methyl sites for hydroxylation is 2. The number of amides is 1. The van der Waals surface area contributed by atoms with Crippen molar-refractivity contribution in [2.75, 3.05) is 43.3 Å². The number of hydrogen-bond acceptors (Lipinski definition) is 4. The Balaban J connectivity index is 1.34. The first-order chi connectivity index (χ1) is 17.7. The monoisotopic (exact) mass is 517 g/mol. The molecule has 1 fully saturated rings. The van der Waals surface area contributed by atoms with Crippen molar-refractivity contribution in [2.24, 2.45) is 0 Å². The molecule has 37 heavy (non-hydrogen) atoms. The second-order valence-electron chi connectivity index (χ2n) is 9.64. The summed E-state index contributed by atoms with van der Waals surface area (Å²) in [6.07, 6.45) is 5.52. The van der Waals surface area contributed by atoms with Crippen molar-refractivity contribution in [3.63, 3.8) is 0 Å². The fourth-order valence-corrected chi connectivity index (χ4v) is 5.30. The topological polar surface area (TPSA) is 60.9 Å². The summed E-state index contributed by atoms with van der Waals surface area (Å²) in [5.41, 5.74) is 5.44. The van der Waals surface area contributed by atoms with Gasteiger partial charge in [0.25, 0.3) is 5.91 Å². The molecule has 1 aliphatic rings. The molecule has 1 aliphatic heterocycles. The van der Waals surface area contributed by atoms with Gasteiger partial charge in [-0.2, -0.15) is 0 Å². The summed E-state index contributed by atoms with van der Waals surface area (Å²) in [4.78, 5) is 17.3. The Morgan fingerprint density at radius 3 is 2.19 bits per heavy atom. The van der Waals surface area contributed by atoms with Crippen LogP contribution in [0.15, 0.2) is 78.9 Å². The summed E-state index contributed by atoms with van der Waals surface area (Å²) >= 11 is 0. The second kappa shape index (κ2) is 11.8. The van der Waals surface area contributed by atoms with Crippen LogP contribution >= 0.6 is 0 Å². The van der Waals surface area contributed by atoms with Crippen molar-refractivity contribution >= 4 is 27.7 Å². The maximum Gasteiger partial charge on any atom is 0.253 e. The zero-order valence-corrected chi connectivity index (χ0v) is 22.6. The van der Waals surface area contributed by atoms with Crippen molar-refractivity contribution < 1.29 is 13.2 Å². The van der Waals surface area contributed by atoms with Crippen LogP contribution in [-0.4, -0.2) is 63.1 Å². The second-order valence-corrected chi connectivity index (χ2v) is 11.5. The third-order valence-electron chi connectivity index (χ3n) is 6.84. The van der Waals surface area contributed by atoms with E-state index in [1.54, 1.807) is 12.1 Å². The van der Waals surface area contributed by atoms with E-state index in [0.29, 0.717) is 24.3 Å². The van der Waals surface area contributed by atoms with Crippen molar-refractivity contribution in [1.29, 1.82) is 0 Å². The molecule has 1 heterocycles. The lowest BCUT2D eigenvalue weighted by Gasteiger charge is -2.34. The Labute approximate surface area is 220 Å². The van der Waals surface area contributed by atoms with Gasteiger partial charge in [-0.15, -0.1) is 0 Å². The minimum absolute atomic E-state index is 0.0140. The molecule has 0 spiro atoms. The third-order valence-corrected chi connectivity index (χ3v) is 7.98. The van der Waals surface area contributed by atoms with Crippen LogP contribution in [0.25, 0.3) is 6.08 Å². The van der Waals surface area contributed by atoms with Gasteiger partial charge in [0.05, 0.1) is 18.5 Å². The van der Waals surface area contributed by atoms with Gasteiger partial charge in [0.1, 0.15) is 0 Å². The number of hydrogen-bond donors (Lipinski definition) is 0. The van der Waals surface area contributed by atoms with E-state index in [2.05, 4.69) is 29.2 Å². The zero-order chi connectivity index (χ0) is 26.4. The van der Waals surface area contributed by atoms with E-state index in [0.717, 1.165) is 36.3 Å². The summed E-state index contributed by atoms with van der Waals surface area (Å²) in [7, 11) is -3.47. The molecule has 0 aliphatic carbocycles. The molecule has 6 nitrogen and oxygen atoms in total.